The first kappa shape index (κ1) is 19.8. The maximum absolute atomic E-state index is 12.8. The van der Waals surface area contributed by atoms with Crippen molar-refractivity contribution in [3.8, 4) is 5.75 Å². The topological polar surface area (TPSA) is 79.3 Å². The predicted molar refractivity (Wildman–Crippen MR) is 99.9 cm³/mol. The minimum atomic E-state index is -0.646. The van der Waals surface area contributed by atoms with E-state index in [1.165, 1.54) is 6.07 Å². The average molecular weight is 397 g/mol. The third-order valence-electron chi connectivity index (χ3n) is 4.69. The normalized spacial score (nSPS) is 20.4. The molecule has 2 heterocycles. The van der Waals surface area contributed by atoms with Crippen LogP contribution in [0.3, 0.4) is 0 Å². The lowest BCUT2D eigenvalue weighted by atomic mass is 9.91. The van der Waals surface area contributed by atoms with Gasteiger partial charge in [0.2, 0.25) is 5.91 Å². The van der Waals surface area contributed by atoms with Crippen LogP contribution in [0.2, 0.25) is 5.02 Å². The summed E-state index contributed by atoms with van der Waals surface area (Å²) in [4.78, 5) is 28.3. The molecule has 1 saturated heterocycles. The fourth-order valence-corrected chi connectivity index (χ4v) is 3.74. The second-order valence-corrected chi connectivity index (χ2v) is 8.20. The first-order valence-corrected chi connectivity index (χ1v) is 9.40. The van der Waals surface area contributed by atoms with Crippen LogP contribution in [0.4, 0.5) is 4.79 Å². The second kappa shape index (κ2) is 7.56. The van der Waals surface area contributed by atoms with E-state index in [9.17, 15) is 14.7 Å². The Morgan fingerprint density at radius 3 is 2.78 bits per heavy atom. The van der Waals surface area contributed by atoms with Crippen LogP contribution in [0, 0.1) is 0 Å². The molecule has 27 heavy (non-hydrogen) atoms. The van der Waals surface area contributed by atoms with Crippen molar-refractivity contribution >= 4 is 23.6 Å². The Bertz CT molecular complexity index is 746. The van der Waals surface area contributed by atoms with E-state index in [2.05, 4.69) is 0 Å². The quantitative estimate of drug-likeness (QED) is 0.831. The lowest BCUT2D eigenvalue weighted by molar-refractivity contribution is -0.143. The van der Waals surface area contributed by atoms with Crippen molar-refractivity contribution in [3.63, 3.8) is 0 Å². The summed E-state index contributed by atoms with van der Waals surface area (Å²) in [6.07, 6.45) is 0.0354. The Labute approximate surface area is 163 Å². The summed E-state index contributed by atoms with van der Waals surface area (Å²) in [6.45, 7) is 6.96. The second-order valence-electron chi connectivity index (χ2n) is 7.79. The Hall–Kier alpha value is -1.99. The maximum Gasteiger partial charge on any atom is 0.410 e. The van der Waals surface area contributed by atoms with Crippen molar-refractivity contribution in [2.75, 3.05) is 32.8 Å². The van der Waals surface area contributed by atoms with Crippen LogP contribution < -0.4 is 0 Å². The number of hydrogen-bond acceptors (Lipinski definition) is 5. The molecule has 148 valence electrons. The fourth-order valence-electron chi connectivity index (χ4n) is 3.48. The molecular formula is C19H25ClN2O5. The van der Waals surface area contributed by atoms with Crippen LogP contribution >= 0.6 is 11.6 Å². The number of rotatable bonds is 2. The number of fused-ring (bicyclic) bond motifs is 1. The van der Waals surface area contributed by atoms with Crippen LogP contribution in [0.15, 0.2) is 12.1 Å². The summed E-state index contributed by atoms with van der Waals surface area (Å²) in [7, 11) is 0. The molecule has 0 spiro atoms. The van der Waals surface area contributed by atoms with Gasteiger partial charge in [-0.3, -0.25) is 9.69 Å². The van der Waals surface area contributed by atoms with E-state index in [1.54, 1.807) is 36.6 Å². The average Bonchev–Trinajstić information content (AvgIpc) is 2.58. The van der Waals surface area contributed by atoms with Gasteiger partial charge in [-0.1, -0.05) is 11.6 Å². The zero-order chi connectivity index (χ0) is 19.8. The van der Waals surface area contributed by atoms with Crippen LogP contribution in [-0.2, 0) is 20.7 Å². The highest BCUT2D eigenvalue weighted by atomic mass is 35.5. The van der Waals surface area contributed by atoms with Crippen LogP contribution in [0.1, 0.15) is 37.9 Å². The number of hydrogen-bond donors (Lipinski definition) is 1. The number of carbonyl (C=O) groups is 2. The molecule has 1 N–H and O–H groups in total. The van der Waals surface area contributed by atoms with Gasteiger partial charge in [0.15, 0.2) is 0 Å². The highest BCUT2D eigenvalue weighted by Gasteiger charge is 2.38. The van der Waals surface area contributed by atoms with Gasteiger partial charge in [0.1, 0.15) is 18.0 Å². The van der Waals surface area contributed by atoms with Gasteiger partial charge in [-0.05, 0) is 44.9 Å². The number of morpholine rings is 1. The SMILES string of the molecule is CC(C)(C)OC(=O)N1CCc2c(Cl)ccc(O)c2[C@H]1CN1CCOCC1=O. The van der Waals surface area contributed by atoms with Gasteiger partial charge in [0.25, 0.3) is 0 Å². The third-order valence-corrected chi connectivity index (χ3v) is 5.05. The molecule has 0 aliphatic carbocycles. The smallest absolute Gasteiger partial charge is 0.410 e. The van der Waals surface area contributed by atoms with E-state index in [-0.39, 0.29) is 24.8 Å². The summed E-state index contributed by atoms with van der Waals surface area (Å²) in [6, 6.07) is 2.63. The standard InChI is InChI=1S/C19H25ClN2O5/c1-19(2,3)27-18(25)22-7-6-12-13(20)4-5-15(23)17(12)14(22)10-21-8-9-26-11-16(21)24/h4-5,14,23H,6-11H2,1-3H3/t14-/m1/s1. The number of phenolic OH excluding ortho intramolecular Hbond substituents is 1. The van der Waals surface area contributed by atoms with Crippen molar-refractivity contribution in [2.45, 2.75) is 38.8 Å². The molecule has 2 aliphatic rings. The van der Waals surface area contributed by atoms with Crippen LogP contribution in [-0.4, -0.2) is 65.4 Å². The molecule has 1 aromatic carbocycles. The molecule has 3 rings (SSSR count). The van der Waals surface area contributed by atoms with E-state index >= 15 is 0 Å². The van der Waals surface area contributed by atoms with Crippen LogP contribution in [0.25, 0.3) is 0 Å². The Kier molecular flexibility index (Phi) is 5.53. The van der Waals surface area contributed by atoms with Crippen molar-refractivity contribution < 1.29 is 24.2 Å². The van der Waals surface area contributed by atoms with Crippen molar-refractivity contribution in [2.24, 2.45) is 0 Å². The molecule has 2 amide bonds. The van der Waals surface area contributed by atoms with Crippen LogP contribution in [0.5, 0.6) is 5.75 Å². The number of benzene rings is 1. The van der Waals surface area contributed by atoms with Crippen molar-refractivity contribution in [1.29, 1.82) is 0 Å². The molecule has 0 aromatic heterocycles. The van der Waals surface area contributed by atoms with Gasteiger partial charge >= 0.3 is 6.09 Å². The highest BCUT2D eigenvalue weighted by molar-refractivity contribution is 6.31. The monoisotopic (exact) mass is 396 g/mol. The number of phenols is 1. The number of aromatic hydroxyl groups is 1. The Morgan fingerprint density at radius 2 is 2.11 bits per heavy atom. The molecule has 1 fully saturated rings. The van der Waals surface area contributed by atoms with Crippen molar-refractivity contribution in [3.05, 3.63) is 28.3 Å². The largest absolute Gasteiger partial charge is 0.508 e. The third kappa shape index (κ3) is 4.30. The number of ether oxygens (including phenoxy) is 2. The zero-order valence-electron chi connectivity index (χ0n) is 15.8. The minimum Gasteiger partial charge on any atom is -0.508 e. The van der Waals surface area contributed by atoms with Gasteiger partial charge in [0, 0.05) is 30.2 Å². The zero-order valence-corrected chi connectivity index (χ0v) is 16.6. The minimum absolute atomic E-state index is 0.0214. The molecule has 1 aromatic rings. The molecule has 0 bridgehead atoms. The molecule has 8 heteroatoms. The lowest BCUT2D eigenvalue weighted by Crippen LogP contribution is -2.50. The number of halogens is 1. The summed E-state index contributed by atoms with van der Waals surface area (Å²) < 4.78 is 10.7. The van der Waals surface area contributed by atoms with Gasteiger partial charge in [0.05, 0.1) is 12.6 Å². The summed E-state index contributed by atoms with van der Waals surface area (Å²) in [5, 5.41) is 11.1. The van der Waals surface area contributed by atoms with Gasteiger partial charge in [-0.2, -0.15) is 0 Å². The van der Waals surface area contributed by atoms with E-state index in [1.807, 2.05) is 0 Å². The van der Waals surface area contributed by atoms with Gasteiger partial charge < -0.3 is 19.5 Å². The number of carbonyl (C=O) groups excluding carboxylic acids is 2. The molecule has 0 saturated carbocycles. The first-order valence-electron chi connectivity index (χ1n) is 9.03. The number of amides is 2. The Morgan fingerprint density at radius 1 is 1.37 bits per heavy atom. The van der Waals surface area contributed by atoms with Crippen molar-refractivity contribution in [1.82, 2.24) is 9.80 Å². The van der Waals surface area contributed by atoms with E-state index < -0.39 is 17.7 Å². The fraction of sp³-hybridized carbons (Fsp3) is 0.579. The predicted octanol–water partition coefficient (Wildman–Crippen LogP) is 2.74. The lowest BCUT2D eigenvalue weighted by Gasteiger charge is -2.41. The summed E-state index contributed by atoms with van der Waals surface area (Å²) >= 11 is 6.34. The first-order chi connectivity index (χ1) is 12.7. The van der Waals surface area contributed by atoms with E-state index in [0.717, 1.165) is 5.56 Å². The van der Waals surface area contributed by atoms with E-state index in [0.29, 0.717) is 36.7 Å². The Balaban J connectivity index is 1.97. The molecule has 0 unspecified atom stereocenters. The summed E-state index contributed by atoms with van der Waals surface area (Å²) in [5.41, 5.74) is 0.744. The molecule has 1 atom stereocenters. The molecular weight excluding hydrogens is 372 g/mol. The molecule has 0 radical (unpaired) electrons. The maximum atomic E-state index is 12.8. The number of nitrogens with zero attached hydrogens (tertiary/aromatic N) is 2. The molecule has 7 nitrogen and oxygen atoms in total. The van der Waals surface area contributed by atoms with Gasteiger partial charge in [-0.15, -0.1) is 0 Å². The van der Waals surface area contributed by atoms with Gasteiger partial charge in [-0.25, -0.2) is 4.79 Å². The van der Waals surface area contributed by atoms with E-state index in [4.69, 9.17) is 21.1 Å². The summed E-state index contributed by atoms with van der Waals surface area (Å²) in [5.74, 6) is -0.0765. The highest BCUT2D eigenvalue weighted by Crippen LogP contribution is 2.40. The molecule has 2 aliphatic heterocycles.